The third-order valence-corrected chi connectivity index (χ3v) is 1.77. The smallest absolute Gasteiger partial charge is 0.306 e. The van der Waals surface area contributed by atoms with Crippen LogP contribution in [0.4, 0.5) is 0 Å². The van der Waals surface area contributed by atoms with Crippen LogP contribution in [0.15, 0.2) is 24.8 Å². The fourth-order valence-corrected chi connectivity index (χ4v) is 1.05. The molecule has 80 valence electrons. The minimum absolute atomic E-state index is 0.108. The van der Waals surface area contributed by atoms with Crippen molar-refractivity contribution in [3.8, 4) is 0 Å². The van der Waals surface area contributed by atoms with E-state index in [-0.39, 0.29) is 5.97 Å². The van der Waals surface area contributed by atoms with Gasteiger partial charge in [-0.1, -0.05) is 18.2 Å². The molecule has 2 heteroatoms. The van der Waals surface area contributed by atoms with Gasteiger partial charge in [0.05, 0.1) is 6.61 Å². The van der Waals surface area contributed by atoms with Crippen molar-refractivity contribution in [2.75, 3.05) is 6.61 Å². The van der Waals surface area contributed by atoms with Gasteiger partial charge >= 0.3 is 5.97 Å². The van der Waals surface area contributed by atoms with Gasteiger partial charge in [-0.3, -0.25) is 4.79 Å². The summed E-state index contributed by atoms with van der Waals surface area (Å²) in [5.41, 5.74) is 0. The number of allylic oxidation sites excluding steroid dienone is 3. The maximum absolute atomic E-state index is 10.9. The molecule has 0 bridgehead atoms. The zero-order valence-electron chi connectivity index (χ0n) is 9.00. The Morgan fingerprint density at radius 3 is 2.64 bits per heavy atom. The highest BCUT2D eigenvalue weighted by Gasteiger charge is 1.97. The Morgan fingerprint density at radius 1 is 1.29 bits per heavy atom. The molecule has 0 amide bonds. The topological polar surface area (TPSA) is 26.3 Å². The molecule has 0 N–H and O–H groups in total. The molecule has 0 aromatic rings. The van der Waals surface area contributed by atoms with Crippen LogP contribution in [0, 0.1) is 0 Å². The molecule has 0 spiro atoms. The second-order valence-corrected chi connectivity index (χ2v) is 3.03. The molecule has 0 aliphatic rings. The first kappa shape index (κ1) is 12.9. The van der Waals surface area contributed by atoms with Gasteiger partial charge in [0.1, 0.15) is 0 Å². The van der Waals surface area contributed by atoms with E-state index in [2.05, 4.69) is 12.7 Å². The van der Waals surface area contributed by atoms with Gasteiger partial charge in [0.25, 0.3) is 0 Å². The standard InChI is InChI=1S/C12H20O2/c1-3-5-6-7-8-9-10-11-12(13)14-4-2/h3,8-9H,1,4-7,10-11H2,2H3/b9-8+. The number of hydrogen-bond acceptors (Lipinski definition) is 2. The van der Waals surface area contributed by atoms with Crippen molar-refractivity contribution in [3.05, 3.63) is 24.8 Å². The highest BCUT2D eigenvalue weighted by atomic mass is 16.5. The van der Waals surface area contributed by atoms with Gasteiger partial charge in [-0.15, -0.1) is 6.58 Å². The third-order valence-electron chi connectivity index (χ3n) is 1.77. The average Bonchev–Trinajstić information content (AvgIpc) is 2.17. The zero-order valence-corrected chi connectivity index (χ0v) is 9.00. The Labute approximate surface area is 86.6 Å². The summed E-state index contributed by atoms with van der Waals surface area (Å²) in [5, 5.41) is 0. The zero-order chi connectivity index (χ0) is 10.6. The van der Waals surface area contributed by atoms with Crippen molar-refractivity contribution < 1.29 is 9.53 Å². The lowest BCUT2D eigenvalue weighted by atomic mass is 10.2. The number of carbonyl (C=O) groups excluding carboxylic acids is 1. The molecule has 0 heterocycles. The Morgan fingerprint density at radius 2 is 2.00 bits per heavy atom. The fraction of sp³-hybridized carbons (Fsp3) is 0.583. The van der Waals surface area contributed by atoms with Crippen LogP contribution >= 0.6 is 0 Å². The summed E-state index contributed by atoms with van der Waals surface area (Å²) in [4.78, 5) is 10.9. The van der Waals surface area contributed by atoms with Crippen molar-refractivity contribution in [2.45, 2.75) is 39.0 Å². The van der Waals surface area contributed by atoms with E-state index < -0.39 is 0 Å². The lowest BCUT2D eigenvalue weighted by Gasteiger charge is -1.97. The maximum atomic E-state index is 10.9. The Hall–Kier alpha value is -1.05. The first-order valence-corrected chi connectivity index (χ1v) is 5.22. The van der Waals surface area contributed by atoms with Gasteiger partial charge < -0.3 is 4.74 Å². The van der Waals surface area contributed by atoms with Crippen LogP contribution in [0.2, 0.25) is 0 Å². The number of carbonyl (C=O) groups is 1. The SMILES string of the molecule is C=CCCC/C=C/CCC(=O)OCC. The summed E-state index contributed by atoms with van der Waals surface area (Å²) in [6, 6.07) is 0. The predicted molar refractivity (Wildman–Crippen MR) is 59.1 cm³/mol. The van der Waals surface area contributed by atoms with Gasteiger partial charge in [0.15, 0.2) is 0 Å². The fourth-order valence-electron chi connectivity index (χ4n) is 1.05. The Balaban J connectivity index is 3.25. The molecule has 0 saturated carbocycles. The number of rotatable bonds is 8. The summed E-state index contributed by atoms with van der Waals surface area (Å²) >= 11 is 0. The van der Waals surface area contributed by atoms with Crippen molar-refractivity contribution in [2.24, 2.45) is 0 Å². The van der Waals surface area contributed by atoms with Crippen LogP contribution in [0.5, 0.6) is 0 Å². The summed E-state index contributed by atoms with van der Waals surface area (Å²) in [5.74, 6) is -0.108. The van der Waals surface area contributed by atoms with E-state index in [1.807, 2.05) is 19.1 Å². The number of esters is 1. The van der Waals surface area contributed by atoms with E-state index in [9.17, 15) is 4.79 Å². The molecule has 0 aliphatic carbocycles. The van der Waals surface area contributed by atoms with Gasteiger partial charge in [-0.05, 0) is 32.6 Å². The Bertz CT molecular complexity index is 183. The maximum Gasteiger partial charge on any atom is 0.306 e. The molecule has 0 aromatic carbocycles. The first-order chi connectivity index (χ1) is 6.81. The molecule has 2 nitrogen and oxygen atoms in total. The van der Waals surface area contributed by atoms with E-state index in [4.69, 9.17) is 4.74 Å². The molecule has 0 aliphatic heterocycles. The average molecular weight is 196 g/mol. The summed E-state index contributed by atoms with van der Waals surface area (Å²) < 4.78 is 4.80. The molecular weight excluding hydrogens is 176 g/mol. The minimum atomic E-state index is -0.108. The second kappa shape index (κ2) is 10.0. The van der Waals surface area contributed by atoms with Crippen LogP contribution in [-0.2, 0) is 9.53 Å². The number of unbranched alkanes of at least 4 members (excludes halogenated alkanes) is 2. The van der Waals surface area contributed by atoms with E-state index in [0.29, 0.717) is 13.0 Å². The van der Waals surface area contributed by atoms with Gasteiger partial charge in [-0.2, -0.15) is 0 Å². The molecule has 0 rings (SSSR count). The summed E-state index contributed by atoms with van der Waals surface area (Å²) in [7, 11) is 0. The highest BCUT2D eigenvalue weighted by molar-refractivity contribution is 5.69. The molecule has 0 unspecified atom stereocenters. The van der Waals surface area contributed by atoms with Gasteiger partial charge in [0.2, 0.25) is 0 Å². The normalized spacial score (nSPS) is 10.4. The van der Waals surface area contributed by atoms with Crippen molar-refractivity contribution in [3.63, 3.8) is 0 Å². The summed E-state index contributed by atoms with van der Waals surface area (Å²) in [6.45, 7) is 5.95. The minimum Gasteiger partial charge on any atom is -0.466 e. The molecular formula is C12H20O2. The van der Waals surface area contributed by atoms with Crippen LogP contribution in [-0.4, -0.2) is 12.6 Å². The van der Waals surface area contributed by atoms with Crippen LogP contribution in [0.3, 0.4) is 0 Å². The van der Waals surface area contributed by atoms with Crippen molar-refractivity contribution >= 4 is 5.97 Å². The lowest BCUT2D eigenvalue weighted by molar-refractivity contribution is -0.142. The number of hydrogen-bond donors (Lipinski definition) is 0. The van der Waals surface area contributed by atoms with Crippen LogP contribution in [0.25, 0.3) is 0 Å². The van der Waals surface area contributed by atoms with E-state index in [1.165, 1.54) is 0 Å². The van der Waals surface area contributed by atoms with Crippen molar-refractivity contribution in [1.82, 2.24) is 0 Å². The molecule has 14 heavy (non-hydrogen) atoms. The monoisotopic (exact) mass is 196 g/mol. The van der Waals surface area contributed by atoms with Gasteiger partial charge in [-0.25, -0.2) is 0 Å². The molecule has 0 fully saturated rings. The largest absolute Gasteiger partial charge is 0.466 e. The van der Waals surface area contributed by atoms with E-state index in [0.717, 1.165) is 25.7 Å². The van der Waals surface area contributed by atoms with Crippen molar-refractivity contribution in [1.29, 1.82) is 0 Å². The number of ether oxygens (including phenoxy) is 1. The van der Waals surface area contributed by atoms with E-state index in [1.54, 1.807) is 0 Å². The molecule has 0 aromatic heterocycles. The molecule has 0 atom stereocenters. The Kier molecular flexibility index (Phi) is 9.28. The van der Waals surface area contributed by atoms with E-state index >= 15 is 0 Å². The van der Waals surface area contributed by atoms with Crippen LogP contribution < -0.4 is 0 Å². The van der Waals surface area contributed by atoms with Crippen LogP contribution in [0.1, 0.15) is 39.0 Å². The lowest BCUT2D eigenvalue weighted by Crippen LogP contribution is -2.02. The molecule has 0 radical (unpaired) electrons. The van der Waals surface area contributed by atoms with Gasteiger partial charge in [0, 0.05) is 6.42 Å². The quantitative estimate of drug-likeness (QED) is 0.338. The second-order valence-electron chi connectivity index (χ2n) is 3.03. The first-order valence-electron chi connectivity index (χ1n) is 5.22. The highest BCUT2D eigenvalue weighted by Crippen LogP contribution is 2.00. The third kappa shape index (κ3) is 9.04. The predicted octanol–water partition coefficient (Wildman–Crippen LogP) is 3.24. The summed E-state index contributed by atoms with van der Waals surface area (Å²) in [6.07, 6.45) is 10.6. The molecule has 0 saturated heterocycles.